The fourth-order valence-electron chi connectivity index (χ4n) is 0.958. The van der Waals surface area contributed by atoms with Crippen LogP contribution < -0.4 is 5.32 Å². The first-order valence-electron chi connectivity index (χ1n) is 3.99. The highest BCUT2D eigenvalue weighted by molar-refractivity contribution is 9.10. The van der Waals surface area contributed by atoms with Crippen LogP contribution in [0.25, 0.3) is 0 Å². The number of halogens is 1. The smallest absolute Gasteiger partial charge is 0.237 e. The van der Waals surface area contributed by atoms with E-state index < -0.39 is 0 Å². The first-order chi connectivity index (χ1) is 6.02. The summed E-state index contributed by atoms with van der Waals surface area (Å²) in [5.41, 5.74) is 2.45. The molecule has 72 valence electrons. The maximum absolute atomic E-state index is 11.3. The van der Waals surface area contributed by atoms with Crippen molar-refractivity contribution in [2.24, 2.45) is 0 Å². The number of anilines is 1. The van der Waals surface area contributed by atoms with Crippen molar-refractivity contribution in [2.45, 2.75) is 25.6 Å². The summed E-state index contributed by atoms with van der Waals surface area (Å²) in [5.74, 6) is -0.0624. The van der Waals surface area contributed by atoms with Gasteiger partial charge in [-0.2, -0.15) is 5.10 Å². The zero-order valence-electron chi connectivity index (χ0n) is 7.81. The summed E-state index contributed by atoms with van der Waals surface area (Å²) in [6, 6.07) is 0. The van der Waals surface area contributed by atoms with E-state index in [1.54, 1.807) is 6.92 Å². The first kappa shape index (κ1) is 10.2. The lowest BCUT2D eigenvalue weighted by Gasteiger charge is -2.05. The Morgan fingerprint density at radius 2 is 2.23 bits per heavy atom. The summed E-state index contributed by atoms with van der Waals surface area (Å²) in [6.07, 6.45) is 0. The molecule has 0 spiro atoms. The van der Waals surface area contributed by atoms with Crippen molar-refractivity contribution in [1.29, 1.82) is 0 Å². The summed E-state index contributed by atoms with van der Waals surface area (Å²) in [6.45, 7) is 5.49. The molecule has 5 heteroatoms. The van der Waals surface area contributed by atoms with E-state index in [1.165, 1.54) is 0 Å². The van der Waals surface area contributed by atoms with E-state index in [1.807, 2.05) is 13.8 Å². The summed E-state index contributed by atoms with van der Waals surface area (Å²) in [4.78, 5) is 11.1. The van der Waals surface area contributed by atoms with Crippen molar-refractivity contribution in [2.75, 3.05) is 5.32 Å². The molecule has 1 heterocycles. The summed E-state index contributed by atoms with van der Waals surface area (Å²) in [7, 11) is 0. The molecule has 1 amide bonds. The summed E-state index contributed by atoms with van der Waals surface area (Å²) >= 11 is 3.19. The van der Waals surface area contributed by atoms with Gasteiger partial charge in [0.1, 0.15) is 0 Å². The Kier molecular flexibility index (Phi) is 3.08. The van der Waals surface area contributed by atoms with Gasteiger partial charge in [-0.15, -0.1) is 0 Å². The first-order valence-corrected chi connectivity index (χ1v) is 4.90. The Hall–Kier alpha value is -0.840. The second kappa shape index (κ2) is 3.91. The molecule has 0 bridgehead atoms. The highest BCUT2D eigenvalue weighted by Crippen LogP contribution is 2.16. The molecular formula is C8H12BrN3O. The Morgan fingerprint density at radius 1 is 1.62 bits per heavy atom. The van der Waals surface area contributed by atoms with Crippen molar-refractivity contribution in [3.63, 3.8) is 0 Å². The lowest BCUT2D eigenvalue weighted by Crippen LogP contribution is -2.20. The van der Waals surface area contributed by atoms with E-state index in [0.29, 0.717) is 0 Å². The van der Waals surface area contributed by atoms with Crippen molar-refractivity contribution < 1.29 is 4.79 Å². The second-order valence-electron chi connectivity index (χ2n) is 2.91. The number of rotatable bonds is 2. The molecule has 1 aromatic rings. The topological polar surface area (TPSA) is 57.8 Å². The Balaban J connectivity index is 2.79. The minimum atomic E-state index is -0.193. The van der Waals surface area contributed by atoms with Gasteiger partial charge in [-0.1, -0.05) is 15.9 Å². The Morgan fingerprint density at radius 3 is 2.62 bits per heavy atom. The molecule has 0 aliphatic heterocycles. The average molecular weight is 246 g/mol. The quantitative estimate of drug-likeness (QED) is 0.781. The van der Waals surface area contributed by atoms with Crippen LogP contribution in [-0.4, -0.2) is 20.9 Å². The minimum absolute atomic E-state index is 0.0624. The third-order valence-electron chi connectivity index (χ3n) is 1.74. The summed E-state index contributed by atoms with van der Waals surface area (Å²) < 4.78 is 0. The van der Waals surface area contributed by atoms with Gasteiger partial charge in [-0.05, 0) is 20.8 Å². The number of amides is 1. The lowest BCUT2D eigenvalue weighted by atomic mass is 10.3. The molecule has 2 N–H and O–H groups in total. The second-order valence-corrected chi connectivity index (χ2v) is 4.29. The fourth-order valence-corrected chi connectivity index (χ4v) is 1.07. The van der Waals surface area contributed by atoms with Gasteiger partial charge in [-0.3, -0.25) is 9.89 Å². The lowest BCUT2D eigenvalue weighted by molar-refractivity contribution is -0.115. The van der Waals surface area contributed by atoms with Crippen LogP contribution in [0.1, 0.15) is 18.3 Å². The third-order valence-corrected chi connectivity index (χ3v) is 2.15. The number of nitrogens with one attached hydrogen (secondary N) is 2. The van der Waals surface area contributed by atoms with Gasteiger partial charge in [0, 0.05) is 0 Å². The monoisotopic (exact) mass is 245 g/mol. The van der Waals surface area contributed by atoms with Crippen LogP contribution in [0.4, 0.5) is 5.69 Å². The van der Waals surface area contributed by atoms with Crippen LogP contribution in [-0.2, 0) is 4.79 Å². The average Bonchev–Trinajstić information content (AvgIpc) is 2.35. The Labute approximate surface area is 85.2 Å². The molecule has 0 radical (unpaired) electrons. The highest BCUT2D eigenvalue weighted by atomic mass is 79.9. The molecule has 1 unspecified atom stereocenters. The zero-order chi connectivity index (χ0) is 10.0. The van der Waals surface area contributed by atoms with Crippen molar-refractivity contribution >= 4 is 27.5 Å². The number of aromatic amines is 1. The number of H-pyrrole nitrogens is 1. The molecule has 1 atom stereocenters. The number of aromatic nitrogens is 2. The van der Waals surface area contributed by atoms with Crippen LogP contribution in [0.2, 0.25) is 0 Å². The van der Waals surface area contributed by atoms with E-state index >= 15 is 0 Å². The molecule has 0 aliphatic rings. The number of carbonyl (C=O) groups is 1. The van der Waals surface area contributed by atoms with Gasteiger partial charge >= 0.3 is 0 Å². The standard InChI is InChI=1S/C8H12BrN3O/c1-4(9)8(13)10-7-5(2)11-12-6(7)3/h4H,1-3H3,(H,10,13)(H,11,12). The highest BCUT2D eigenvalue weighted by Gasteiger charge is 2.13. The Bertz CT molecular complexity index is 300. The fraction of sp³-hybridized carbons (Fsp3) is 0.500. The van der Waals surface area contributed by atoms with E-state index in [0.717, 1.165) is 17.1 Å². The van der Waals surface area contributed by atoms with Crippen LogP contribution in [0.15, 0.2) is 0 Å². The molecular weight excluding hydrogens is 234 g/mol. The van der Waals surface area contributed by atoms with Gasteiger partial charge < -0.3 is 5.32 Å². The van der Waals surface area contributed by atoms with Gasteiger partial charge in [0.2, 0.25) is 5.91 Å². The number of aryl methyl sites for hydroxylation is 2. The van der Waals surface area contributed by atoms with E-state index in [4.69, 9.17) is 0 Å². The molecule has 0 aromatic carbocycles. The van der Waals surface area contributed by atoms with Gasteiger partial charge in [0.05, 0.1) is 21.9 Å². The van der Waals surface area contributed by atoms with Crippen molar-refractivity contribution in [3.05, 3.63) is 11.4 Å². The van der Waals surface area contributed by atoms with Crippen LogP contribution in [0.5, 0.6) is 0 Å². The molecule has 1 aromatic heterocycles. The number of carbonyl (C=O) groups excluding carboxylic acids is 1. The van der Waals surface area contributed by atoms with Gasteiger partial charge in [-0.25, -0.2) is 0 Å². The number of alkyl halides is 1. The molecule has 0 saturated heterocycles. The normalized spacial score (nSPS) is 12.6. The van der Waals surface area contributed by atoms with E-state index in [-0.39, 0.29) is 10.7 Å². The largest absolute Gasteiger partial charge is 0.322 e. The van der Waals surface area contributed by atoms with E-state index in [9.17, 15) is 4.79 Å². The van der Waals surface area contributed by atoms with Crippen molar-refractivity contribution in [3.8, 4) is 0 Å². The number of hydrogen-bond donors (Lipinski definition) is 2. The summed E-state index contributed by atoms with van der Waals surface area (Å²) in [5, 5.41) is 9.55. The number of hydrogen-bond acceptors (Lipinski definition) is 2. The van der Waals surface area contributed by atoms with Gasteiger partial charge in [0.25, 0.3) is 0 Å². The maximum Gasteiger partial charge on any atom is 0.237 e. The van der Waals surface area contributed by atoms with Crippen LogP contribution in [0, 0.1) is 13.8 Å². The minimum Gasteiger partial charge on any atom is -0.322 e. The molecule has 0 saturated carbocycles. The number of nitrogens with zero attached hydrogens (tertiary/aromatic N) is 1. The SMILES string of the molecule is Cc1n[nH]c(C)c1NC(=O)C(C)Br. The maximum atomic E-state index is 11.3. The van der Waals surface area contributed by atoms with Gasteiger partial charge in [0.15, 0.2) is 0 Å². The predicted molar refractivity (Wildman–Crippen MR) is 55.1 cm³/mol. The zero-order valence-corrected chi connectivity index (χ0v) is 9.40. The van der Waals surface area contributed by atoms with Crippen LogP contribution >= 0.6 is 15.9 Å². The van der Waals surface area contributed by atoms with Crippen molar-refractivity contribution in [1.82, 2.24) is 10.2 Å². The predicted octanol–water partition coefficient (Wildman–Crippen LogP) is 1.75. The van der Waals surface area contributed by atoms with E-state index in [2.05, 4.69) is 31.4 Å². The molecule has 4 nitrogen and oxygen atoms in total. The molecule has 13 heavy (non-hydrogen) atoms. The molecule has 0 fully saturated rings. The molecule has 0 aliphatic carbocycles. The van der Waals surface area contributed by atoms with Crippen LogP contribution in [0.3, 0.4) is 0 Å². The molecule has 1 rings (SSSR count). The third kappa shape index (κ3) is 2.30.